The van der Waals surface area contributed by atoms with E-state index in [2.05, 4.69) is 21.3 Å². The lowest BCUT2D eigenvalue weighted by molar-refractivity contribution is -0.122. The van der Waals surface area contributed by atoms with Crippen molar-refractivity contribution in [2.24, 2.45) is 0 Å². The fraction of sp³-hybridized carbons (Fsp3) is 0.333. The SMILES string of the molecule is CC(NC(=O)CC1COCCN1)c1ccc(NC(=O)Nc2ccccc2)cc1.Cl. The van der Waals surface area contributed by atoms with Crippen LogP contribution in [0.1, 0.15) is 24.9 Å². The van der Waals surface area contributed by atoms with E-state index in [1.807, 2.05) is 61.5 Å². The van der Waals surface area contributed by atoms with Crippen molar-refractivity contribution in [2.45, 2.75) is 25.4 Å². The highest BCUT2D eigenvalue weighted by atomic mass is 35.5. The van der Waals surface area contributed by atoms with Gasteiger partial charge in [0, 0.05) is 30.4 Å². The summed E-state index contributed by atoms with van der Waals surface area (Å²) < 4.78 is 5.37. The van der Waals surface area contributed by atoms with Crippen molar-refractivity contribution in [2.75, 3.05) is 30.4 Å². The summed E-state index contributed by atoms with van der Waals surface area (Å²) in [6.07, 6.45) is 0.392. The van der Waals surface area contributed by atoms with Crippen LogP contribution in [0.3, 0.4) is 0 Å². The van der Waals surface area contributed by atoms with Gasteiger partial charge >= 0.3 is 6.03 Å². The monoisotopic (exact) mass is 418 g/mol. The number of urea groups is 1. The van der Waals surface area contributed by atoms with Crippen molar-refractivity contribution < 1.29 is 14.3 Å². The standard InChI is InChI=1S/C21H26N4O3.ClH/c1-15(23-20(26)13-19-14-28-12-11-22-19)16-7-9-18(10-8-16)25-21(27)24-17-5-3-2-4-6-17;/h2-10,15,19,22H,11-14H2,1H3,(H,23,26)(H2,24,25,27);1H. The van der Waals surface area contributed by atoms with Gasteiger partial charge in [0.25, 0.3) is 0 Å². The van der Waals surface area contributed by atoms with Gasteiger partial charge in [0.15, 0.2) is 0 Å². The molecule has 1 saturated heterocycles. The molecule has 8 heteroatoms. The quantitative estimate of drug-likeness (QED) is 0.579. The molecule has 1 fully saturated rings. The first kappa shape index (κ1) is 22.7. The molecule has 2 aromatic carbocycles. The first-order valence-corrected chi connectivity index (χ1v) is 9.43. The Kier molecular flexibility index (Phi) is 8.92. The van der Waals surface area contributed by atoms with Gasteiger partial charge < -0.3 is 26.0 Å². The van der Waals surface area contributed by atoms with E-state index in [0.29, 0.717) is 25.3 Å². The van der Waals surface area contributed by atoms with Crippen LogP contribution in [-0.4, -0.2) is 37.7 Å². The van der Waals surface area contributed by atoms with E-state index < -0.39 is 0 Å². The summed E-state index contributed by atoms with van der Waals surface area (Å²) in [5.41, 5.74) is 2.38. The smallest absolute Gasteiger partial charge is 0.323 e. The van der Waals surface area contributed by atoms with Gasteiger partial charge in [-0.15, -0.1) is 12.4 Å². The largest absolute Gasteiger partial charge is 0.378 e. The molecule has 0 radical (unpaired) electrons. The van der Waals surface area contributed by atoms with Crippen molar-refractivity contribution in [3.05, 3.63) is 60.2 Å². The molecule has 2 unspecified atom stereocenters. The molecule has 1 aliphatic heterocycles. The summed E-state index contributed by atoms with van der Waals surface area (Å²) >= 11 is 0. The van der Waals surface area contributed by atoms with Crippen LogP contribution in [0.2, 0.25) is 0 Å². The highest BCUT2D eigenvalue weighted by molar-refractivity contribution is 5.99. The van der Waals surface area contributed by atoms with E-state index in [-0.39, 0.29) is 36.4 Å². The number of anilines is 2. The number of halogens is 1. The number of para-hydroxylation sites is 1. The van der Waals surface area contributed by atoms with E-state index in [4.69, 9.17) is 4.74 Å². The molecule has 7 nitrogen and oxygen atoms in total. The molecule has 0 bridgehead atoms. The van der Waals surface area contributed by atoms with Gasteiger partial charge in [-0.3, -0.25) is 4.79 Å². The van der Waals surface area contributed by atoms with E-state index in [1.165, 1.54) is 0 Å². The van der Waals surface area contributed by atoms with Crippen LogP contribution >= 0.6 is 12.4 Å². The zero-order chi connectivity index (χ0) is 19.8. The molecular formula is C21H27ClN4O3. The first-order valence-electron chi connectivity index (χ1n) is 9.43. The predicted molar refractivity (Wildman–Crippen MR) is 117 cm³/mol. The molecule has 2 atom stereocenters. The Balaban J connectivity index is 0.00000300. The maximum Gasteiger partial charge on any atom is 0.323 e. The van der Waals surface area contributed by atoms with Crippen molar-refractivity contribution in [3.63, 3.8) is 0 Å². The summed E-state index contributed by atoms with van der Waals surface area (Å²) in [5, 5.41) is 11.8. The summed E-state index contributed by atoms with van der Waals surface area (Å²) in [5.74, 6) is -0.0139. The molecule has 0 spiro atoms. The average molecular weight is 419 g/mol. The third-order valence-electron chi connectivity index (χ3n) is 4.51. The van der Waals surface area contributed by atoms with E-state index in [9.17, 15) is 9.59 Å². The highest BCUT2D eigenvalue weighted by Gasteiger charge is 2.18. The Labute approximate surface area is 177 Å². The number of benzene rings is 2. The van der Waals surface area contributed by atoms with E-state index >= 15 is 0 Å². The molecule has 4 N–H and O–H groups in total. The molecule has 0 saturated carbocycles. The van der Waals surface area contributed by atoms with Crippen LogP contribution < -0.4 is 21.3 Å². The fourth-order valence-corrected chi connectivity index (χ4v) is 3.03. The topological polar surface area (TPSA) is 91.5 Å². The van der Waals surface area contributed by atoms with Crippen LogP contribution in [0.15, 0.2) is 54.6 Å². The lowest BCUT2D eigenvalue weighted by atomic mass is 10.1. The minimum atomic E-state index is -0.303. The zero-order valence-electron chi connectivity index (χ0n) is 16.3. The Morgan fingerprint density at radius 3 is 2.34 bits per heavy atom. The molecule has 156 valence electrons. The molecule has 0 aromatic heterocycles. The van der Waals surface area contributed by atoms with Gasteiger partial charge in [0.05, 0.1) is 19.3 Å². The number of ether oxygens (including phenoxy) is 1. The van der Waals surface area contributed by atoms with Gasteiger partial charge in [0.2, 0.25) is 5.91 Å². The number of carbonyl (C=O) groups is 2. The van der Waals surface area contributed by atoms with E-state index in [1.54, 1.807) is 0 Å². The number of amides is 3. The zero-order valence-corrected chi connectivity index (χ0v) is 17.1. The number of carbonyl (C=O) groups excluding carboxylic acids is 2. The summed E-state index contributed by atoms with van der Waals surface area (Å²) in [6.45, 7) is 3.97. The summed E-state index contributed by atoms with van der Waals surface area (Å²) in [7, 11) is 0. The molecule has 2 aromatic rings. The van der Waals surface area contributed by atoms with Gasteiger partial charge in [-0.05, 0) is 36.8 Å². The average Bonchev–Trinajstić information content (AvgIpc) is 2.70. The number of hydrogen-bond acceptors (Lipinski definition) is 4. The summed E-state index contributed by atoms with van der Waals surface area (Å²) in [6, 6.07) is 16.3. The Bertz CT molecular complexity index is 780. The lowest BCUT2D eigenvalue weighted by Gasteiger charge is -2.24. The maximum absolute atomic E-state index is 12.2. The molecule has 3 amide bonds. The van der Waals surface area contributed by atoms with Crippen molar-refractivity contribution in [3.8, 4) is 0 Å². The minimum absolute atomic E-state index is 0. The molecular weight excluding hydrogens is 392 g/mol. The van der Waals surface area contributed by atoms with Crippen LogP contribution in [0, 0.1) is 0 Å². The molecule has 1 heterocycles. The third kappa shape index (κ3) is 7.38. The van der Waals surface area contributed by atoms with Crippen LogP contribution in [0.5, 0.6) is 0 Å². The van der Waals surface area contributed by atoms with Gasteiger partial charge in [-0.1, -0.05) is 30.3 Å². The van der Waals surface area contributed by atoms with E-state index in [0.717, 1.165) is 17.8 Å². The predicted octanol–water partition coefficient (Wildman–Crippen LogP) is 3.31. The Morgan fingerprint density at radius 1 is 1.07 bits per heavy atom. The maximum atomic E-state index is 12.2. The van der Waals surface area contributed by atoms with Crippen molar-refractivity contribution >= 4 is 35.7 Å². The molecule has 0 aliphatic carbocycles. The second-order valence-corrected chi connectivity index (χ2v) is 6.79. The Hall–Kier alpha value is -2.61. The second kappa shape index (κ2) is 11.4. The first-order chi connectivity index (χ1) is 13.6. The molecule has 3 rings (SSSR count). The Morgan fingerprint density at radius 2 is 1.72 bits per heavy atom. The highest BCUT2D eigenvalue weighted by Crippen LogP contribution is 2.17. The van der Waals surface area contributed by atoms with Crippen LogP contribution in [0.4, 0.5) is 16.2 Å². The number of nitrogens with one attached hydrogen (secondary N) is 4. The lowest BCUT2D eigenvalue weighted by Crippen LogP contribution is -2.44. The van der Waals surface area contributed by atoms with Crippen molar-refractivity contribution in [1.82, 2.24) is 10.6 Å². The van der Waals surface area contributed by atoms with Crippen molar-refractivity contribution in [1.29, 1.82) is 0 Å². The van der Waals surface area contributed by atoms with Crippen LogP contribution in [0.25, 0.3) is 0 Å². The van der Waals surface area contributed by atoms with Gasteiger partial charge in [0.1, 0.15) is 0 Å². The van der Waals surface area contributed by atoms with Gasteiger partial charge in [-0.25, -0.2) is 4.79 Å². The third-order valence-corrected chi connectivity index (χ3v) is 4.51. The van der Waals surface area contributed by atoms with Crippen LogP contribution in [-0.2, 0) is 9.53 Å². The second-order valence-electron chi connectivity index (χ2n) is 6.79. The normalized spacial score (nSPS) is 16.8. The number of hydrogen-bond donors (Lipinski definition) is 4. The summed E-state index contributed by atoms with van der Waals surface area (Å²) in [4.78, 5) is 24.2. The number of rotatable bonds is 6. The number of morpholine rings is 1. The minimum Gasteiger partial charge on any atom is -0.378 e. The van der Waals surface area contributed by atoms with Gasteiger partial charge in [-0.2, -0.15) is 0 Å². The molecule has 29 heavy (non-hydrogen) atoms. The fourth-order valence-electron chi connectivity index (χ4n) is 3.03. The molecule has 1 aliphatic rings.